The Hall–Kier alpha value is -2.47. The molecule has 1 aromatic heterocycles. The summed E-state index contributed by atoms with van der Waals surface area (Å²) in [6.07, 6.45) is 0. The molecule has 0 radical (unpaired) electrons. The summed E-state index contributed by atoms with van der Waals surface area (Å²) in [6.45, 7) is 3.11. The van der Waals surface area contributed by atoms with Crippen molar-refractivity contribution in [1.82, 2.24) is 29.4 Å². The SMILES string of the molecule is Cc1ccc(S(=O)(=O)N2CCN(C(=O)CSc3nnnn3-c3ccc(Cl)cc3)CC2)cc1. The highest BCUT2D eigenvalue weighted by molar-refractivity contribution is 7.99. The van der Waals surface area contributed by atoms with E-state index in [-0.39, 0.29) is 29.6 Å². The second-order valence-corrected chi connectivity index (χ2v) is 10.6. The zero-order chi connectivity index (χ0) is 22.7. The molecule has 1 amide bonds. The molecule has 0 aliphatic carbocycles. The van der Waals surface area contributed by atoms with Crippen LogP contribution in [0.5, 0.6) is 0 Å². The first-order chi connectivity index (χ1) is 15.3. The molecule has 0 unspecified atom stereocenters. The van der Waals surface area contributed by atoms with Crippen molar-refractivity contribution in [3.8, 4) is 5.69 Å². The predicted octanol–water partition coefficient (Wildman–Crippen LogP) is 2.25. The lowest BCUT2D eigenvalue weighted by atomic mass is 10.2. The number of hydrogen-bond acceptors (Lipinski definition) is 7. The van der Waals surface area contributed by atoms with E-state index in [2.05, 4.69) is 15.5 Å². The highest BCUT2D eigenvalue weighted by Gasteiger charge is 2.30. The Morgan fingerprint density at radius 2 is 1.69 bits per heavy atom. The molecule has 1 aliphatic heterocycles. The van der Waals surface area contributed by atoms with Crippen LogP contribution in [-0.2, 0) is 14.8 Å². The first-order valence-corrected chi connectivity index (χ1v) is 12.7. The van der Waals surface area contributed by atoms with Gasteiger partial charge in [-0.2, -0.15) is 8.99 Å². The number of aromatic nitrogens is 4. The topological polar surface area (TPSA) is 101 Å². The quantitative estimate of drug-likeness (QED) is 0.486. The van der Waals surface area contributed by atoms with Crippen LogP contribution in [0.3, 0.4) is 0 Å². The van der Waals surface area contributed by atoms with E-state index in [1.54, 1.807) is 58.1 Å². The fraction of sp³-hybridized carbons (Fsp3) is 0.300. The lowest BCUT2D eigenvalue weighted by Crippen LogP contribution is -2.50. The van der Waals surface area contributed by atoms with E-state index >= 15 is 0 Å². The van der Waals surface area contributed by atoms with E-state index in [0.29, 0.717) is 23.3 Å². The van der Waals surface area contributed by atoms with E-state index in [4.69, 9.17) is 11.6 Å². The van der Waals surface area contributed by atoms with Crippen LogP contribution in [0, 0.1) is 6.92 Å². The standard InChI is InChI=1S/C20H21ClN6O3S2/c1-15-2-8-18(9-3-15)32(29,30)26-12-10-25(11-13-26)19(28)14-31-20-22-23-24-27(20)17-6-4-16(21)5-7-17/h2-9H,10-14H2,1H3. The third kappa shape index (κ3) is 4.96. The molecule has 12 heteroatoms. The maximum Gasteiger partial charge on any atom is 0.243 e. The highest BCUT2D eigenvalue weighted by atomic mass is 35.5. The van der Waals surface area contributed by atoms with Crippen molar-refractivity contribution in [3.63, 3.8) is 0 Å². The molecule has 2 aromatic carbocycles. The average Bonchev–Trinajstić information content (AvgIpc) is 3.27. The fourth-order valence-electron chi connectivity index (χ4n) is 3.27. The van der Waals surface area contributed by atoms with Gasteiger partial charge in [0.25, 0.3) is 0 Å². The molecule has 9 nitrogen and oxygen atoms in total. The lowest BCUT2D eigenvalue weighted by Gasteiger charge is -2.34. The first kappa shape index (κ1) is 22.7. The molecule has 168 valence electrons. The van der Waals surface area contributed by atoms with Gasteiger partial charge < -0.3 is 4.90 Å². The van der Waals surface area contributed by atoms with Crippen molar-refractivity contribution >= 4 is 39.3 Å². The highest BCUT2D eigenvalue weighted by Crippen LogP contribution is 2.22. The van der Waals surface area contributed by atoms with E-state index in [1.165, 1.54) is 16.1 Å². The number of nitrogens with zero attached hydrogens (tertiary/aromatic N) is 6. The van der Waals surface area contributed by atoms with E-state index in [1.807, 2.05) is 6.92 Å². The molecule has 1 saturated heterocycles. The molecule has 1 fully saturated rings. The summed E-state index contributed by atoms with van der Waals surface area (Å²) < 4.78 is 28.6. The number of carbonyl (C=O) groups is 1. The first-order valence-electron chi connectivity index (χ1n) is 9.86. The lowest BCUT2D eigenvalue weighted by molar-refractivity contribution is -0.129. The number of aryl methyl sites for hydroxylation is 1. The van der Waals surface area contributed by atoms with Crippen molar-refractivity contribution < 1.29 is 13.2 Å². The molecular weight excluding hydrogens is 472 g/mol. The zero-order valence-corrected chi connectivity index (χ0v) is 19.6. The number of halogens is 1. The van der Waals surface area contributed by atoms with Gasteiger partial charge in [0.2, 0.25) is 21.1 Å². The van der Waals surface area contributed by atoms with Crippen LogP contribution in [0.15, 0.2) is 58.6 Å². The summed E-state index contributed by atoms with van der Waals surface area (Å²) in [5.41, 5.74) is 1.74. The van der Waals surface area contributed by atoms with Crippen LogP contribution in [0.2, 0.25) is 5.02 Å². The Morgan fingerprint density at radius 1 is 1.03 bits per heavy atom. The molecule has 3 aromatic rings. The maximum absolute atomic E-state index is 12.8. The van der Waals surface area contributed by atoms with Crippen molar-refractivity contribution in [2.24, 2.45) is 0 Å². The molecule has 2 heterocycles. The number of amides is 1. The van der Waals surface area contributed by atoms with Gasteiger partial charge >= 0.3 is 0 Å². The van der Waals surface area contributed by atoms with Gasteiger partial charge in [0.1, 0.15) is 0 Å². The van der Waals surface area contributed by atoms with Gasteiger partial charge in [0.05, 0.1) is 16.3 Å². The number of rotatable bonds is 6. The minimum atomic E-state index is -3.56. The molecule has 4 rings (SSSR count). The minimum absolute atomic E-state index is 0.0898. The number of thioether (sulfide) groups is 1. The van der Waals surface area contributed by atoms with Gasteiger partial charge in [0.15, 0.2) is 0 Å². The summed E-state index contributed by atoms with van der Waals surface area (Å²) in [4.78, 5) is 14.6. The van der Waals surface area contributed by atoms with Gasteiger partial charge in [-0.3, -0.25) is 4.79 Å². The molecule has 0 atom stereocenters. The Kier molecular flexibility index (Phi) is 6.79. The summed E-state index contributed by atoms with van der Waals surface area (Å²) in [7, 11) is -3.56. The minimum Gasteiger partial charge on any atom is -0.339 e. The van der Waals surface area contributed by atoms with Gasteiger partial charge in [-0.1, -0.05) is 41.1 Å². The van der Waals surface area contributed by atoms with Crippen LogP contribution < -0.4 is 0 Å². The Bertz CT molecular complexity index is 1190. The third-order valence-electron chi connectivity index (χ3n) is 5.09. The number of tetrazole rings is 1. The molecule has 0 saturated carbocycles. The largest absolute Gasteiger partial charge is 0.339 e. The molecule has 32 heavy (non-hydrogen) atoms. The summed E-state index contributed by atoms with van der Waals surface area (Å²) in [6, 6.07) is 13.8. The average molecular weight is 493 g/mol. The van der Waals surface area contributed by atoms with Gasteiger partial charge in [-0.05, 0) is 53.7 Å². The zero-order valence-electron chi connectivity index (χ0n) is 17.3. The summed E-state index contributed by atoms with van der Waals surface area (Å²) in [5, 5.41) is 12.7. The smallest absolute Gasteiger partial charge is 0.243 e. The van der Waals surface area contributed by atoms with Crippen molar-refractivity contribution in [2.75, 3.05) is 31.9 Å². The monoisotopic (exact) mass is 492 g/mol. The second-order valence-electron chi connectivity index (χ2n) is 7.24. The maximum atomic E-state index is 12.8. The predicted molar refractivity (Wildman–Crippen MR) is 121 cm³/mol. The normalized spacial score (nSPS) is 15.1. The van der Waals surface area contributed by atoms with E-state index < -0.39 is 10.0 Å². The number of sulfonamides is 1. The van der Waals surface area contributed by atoms with Crippen LogP contribution in [0.1, 0.15) is 5.56 Å². The molecule has 0 N–H and O–H groups in total. The summed E-state index contributed by atoms with van der Waals surface area (Å²) >= 11 is 7.15. The van der Waals surface area contributed by atoms with Gasteiger partial charge in [-0.25, -0.2) is 8.42 Å². The molecule has 0 spiro atoms. The Labute approximate surface area is 195 Å². The van der Waals surface area contributed by atoms with Crippen LogP contribution in [-0.4, -0.2) is 75.7 Å². The summed E-state index contributed by atoms with van der Waals surface area (Å²) in [5.74, 6) is 0.0617. The van der Waals surface area contributed by atoms with Crippen LogP contribution in [0.4, 0.5) is 0 Å². The van der Waals surface area contributed by atoms with Crippen molar-refractivity contribution in [2.45, 2.75) is 17.0 Å². The van der Waals surface area contributed by atoms with Crippen LogP contribution >= 0.6 is 23.4 Å². The number of piperazine rings is 1. The Balaban J connectivity index is 1.33. The van der Waals surface area contributed by atoms with Gasteiger partial charge in [0, 0.05) is 31.2 Å². The fourth-order valence-corrected chi connectivity index (χ4v) is 5.61. The molecule has 0 bridgehead atoms. The number of carbonyl (C=O) groups excluding carboxylic acids is 1. The third-order valence-corrected chi connectivity index (χ3v) is 8.16. The van der Waals surface area contributed by atoms with Crippen molar-refractivity contribution in [1.29, 1.82) is 0 Å². The molecule has 1 aliphatic rings. The number of hydrogen-bond donors (Lipinski definition) is 0. The number of benzene rings is 2. The van der Waals surface area contributed by atoms with E-state index in [9.17, 15) is 13.2 Å². The second kappa shape index (κ2) is 9.57. The van der Waals surface area contributed by atoms with Gasteiger partial charge in [-0.15, -0.1) is 5.10 Å². The van der Waals surface area contributed by atoms with E-state index in [0.717, 1.165) is 11.3 Å². The molecular formula is C20H21ClN6O3S2. The Morgan fingerprint density at radius 3 is 2.34 bits per heavy atom. The van der Waals surface area contributed by atoms with Crippen molar-refractivity contribution in [3.05, 3.63) is 59.1 Å². The van der Waals surface area contributed by atoms with Crippen LogP contribution in [0.25, 0.3) is 5.69 Å².